The van der Waals surface area contributed by atoms with E-state index in [-0.39, 0.29) is 36.4 Å². The standard InChI is InChI=1S/C19H28N4O2.HI/c1-20-19(21-10-4-12-25-14-15-7-8-15)22-13-18(24)23-11-9-16-5-2-3-6-17(16)23;/h2-3,5-6,15H,4,7-14H2,1H3,(H2,20,21,22);1H. The van der Waals surface area contributed by atoms with Crippen molar-refractivity contribution in [3.8, 4) is 0 Å². The van der Waals surface area contributed by atoms with Gasteiger partial charge < -0.3 is 20.3 Å². The first kappa shape index (κ1) is 21.0. The van der Waals surface area contributed by atoms with Gasteiger partial charge in [-0.1, -0.05) is 18.2 Å². The van der Waals surface area contributed by atoms with Gasteiger partial charge in [-0.05, 0) is 43.2 Å². The van der Waals surface area contributed by atoms with Crippen LogP contribution in [0.4, 0.5) is 5.69 Å². The Kier molecular flexibility index (Phi) is 8.64. The molecule has 1 fully saturated rings. The number of para-hydroxylation sites is 1. The van der Waals surface area contributed by atoms with E-state index in [0.717, 1.165) is 50.8 Å². The Morgan fingerprint density at radius 2 is 2.12 bits per heavy atom. The maximum atomic E-state index is 12.5. The molecule has 2 aliphatic rings. The summed E-state index contributed by atoms with van der Waals surface area (Å²) in [6, 6.07) is 8.09. The number of nitrogens with zero attached hydrogens (tertiary/aromatic N) is 2. The summed E-state index contributed by atoms with van der Waals surface area (Å²) in [6.07, 6.45) is 4.51. The van der Waals surface area contributed by atoms with Crippen molar-refractivity contribution in [3.05, 3.63) is 29.8 Å². The molecular formula is C19H29IN4O2. The fourth-order valence-electron chi connectivity index (χ4n) is 2.99. The molecule has 0 aromatic heterocycles. The van der Waals surface area contributed by atoms with Gasteiger partial charge in [0.2, 0.25) is 5.91 Å². The number of aliphatic imine (C=N–C) groups is 1. The summed E-state index contributed by atoms with van der Waals surface area (Å²) >= 11 is 0. The zero-order valence-electron chi connectivity index (χ0n) is 15.4. The topological polar surface area (TPSA) is 66.0 Å². The van der Waals surface area contributed by atoms with E-state index in [2.05, 4.69) is 21.7 Å². The minimum atomic E-state index is 0. The number of hydrogen-bond acceptors (Lipinski definition) is 3. The number of ether oxygens (including phenoxy) is 1. The Hall–Kier alpha value is -1.35. The molecule has 1 aliphatic heterocycles. The summed E-state index contributed by atoms with van der Waals surface area (Å²) in [5, 5.41) is 6.33. The lowest BCUT2D eigenvalue weighted by Crippen LogP contribution is -2.44. The molecular weight excluding hydrogens is 443 g/mol. The maximum absolute atomic E-state index is 12.5. The lowest BCUT2D eigenvalue weighted by molar-refractivity contribution is -0.117. The molecule has 1 aromatic carbocycles. The van der Waals surface area contributed by atoms with E-state index < -0.39 is 0 Å². The van der Waals surface area contributed by atoms with Crippen molar-refractivity contribution in [1.29, 1.82) is 0 Å². The second-order valence-electron chi connectivity index (χ2n) is 6.65. The van der Waals surface area contributed by atoms with Crippen LogP contribution in [0.15, 0.2) is 29.3 Å². The lowest BCUT2D eigenvalue weighted by atomic mass is 10.2. The summed E-state index contributed by atoms with van der Waals surface area (Å²) in [5.74, 6) is 1.54. The fourth-order valence-corrected chi connectivity index (χ4v) is 2.99. The van der Waals surface area contributed by atoms with Gasteiger partial charge in [-0.15, -0.1) is 24.0 Å². The van der Waals surface area contributed by atoms with Gasteiger partial charge in [0.05, 0.1) is 6.54 Å². The normalized spacial score (nSPS) is 16.0. The summed E-state index contributed by atoms with van der Waals surface area (Å²) in [6.45, 7) is 3.45. The largest absolute Gasteiger partial charge is 0.381 e. The third-order valence-electron chi connectivity index (χ3n) is 4.63. The number of hydrogen-bond donors (Lipinski definition) is 2. The van der Waals surface area contributed by atoms with Crippen LogP contribution in [0.3, 0.4) is 0 Å². The molecule has 7 heteroatoms. The van der Waals surface area contributed by atoms with Crippen LogP contribution >= 0.6 is 24.0 Å². The zero-order chi connectivity index (χ0) is 17.5. The second kappa shape index (κ2) is 10.7. The molecule has 0 bridgehead atoms. The smallest absolute Gasteiger partial charge is 0.246 e. The molecule has 0 unspecified atom stereocenters. The Bertz CT molecular complexity index is 619. The summed E-state index contributed by atoms with van der Waals surface area (Å²) in [7, 11) is 1.72. The van der Waals surface area contributed by atoms with E-state index in [1.165, 1.54) is 18.4 Å². The van der Waals surface area contributed by atoms with E-state index >= 15 is 0 Å². The summed E-state index contributed by atoms with van der Waals surface area (Å²) < 4.78 is 5.61. The monoisotopic (exact) mass is 472 g/mol. The van der Waals surface area contributed by atoms with E-state index in [1.54, 1.807) is 7.05 Å². The van der Waals surface area contributed by atoms with E-state index in [1.807, 2.05) is 23.1 Å². The number of amides is 1. The molecule has 26 heavy (non-hydrogen) atoms. The highest BCUT2D eigenvalue weighted by Gasteiger charge is 2.24. The zero-order valence-corrected chi connectivity index (χ0v) is 17.7. The summed E-state index contributed by atoms with van der Waals surface area (Å²) in [5.41, 5.74) is 2.27. The number of carbonyl (C=O) groups is 1. The van der Waals surface area contributed by atoms with E-state index in [9.17, 15) is 4.79 Å². The third kappa shape index (κ3) is 6.12. The van der Waals surface area contributed by atoms with E-state index in [4.69, 9.17) is 4.74 Å². The minimum Gasteiger partial charge on any atom is -0.381 e. The molecule has 0 saturated heterocycles. The Labute approximate surface area is 172 Å². The molecule has 1 heterocycles. The van der Waals surface area contributed by atoms with Crippen LogP contribution in [0.1, 0.15) is 24.8 Å². The number of benzene rings is 1. The van der Waals surface area contributed by atoms with Crippen LogP contribution in [0.25, 0.3) is 0 Å². The van der Waals surface area contributed by atoms with Gasteiger partial charge >= 0.3 is 0 Å². The molecule has 1 amide bonds. The number of guanidine groups is 1. The number of fused-ring (bicyclic) bond motifs is 1. The number of halogens is 1. The van der Waals surface area contributed by atoms with Gasteiger partial charge in [0.1, 0.15) is 0 Å². The number of nitrogens with one attached hydrogen (secondary N) is 2. The van der Waals surface area contributed by atoms with Crippen LogP contribution in [0, 0.1) is 5.92 Å². The van der Waals surface area contributed by atoms with Gasteiger partial charge in [-0.3, -0.25) is 9.79 Å². The van der Waals surface area contributed by atoms with Crippen molar-refractivity contribution in [2.45, 2.75) is 25.7 Å². The molecule has 1 aromatic rings. The molecule has 1 aliphatic carbocycles. The van der Waals surface area contributed by atoms with Gasteiger partial charge in [0.25, 0.3) is 0 Å². The van der Waals surface area contributed by atoms with Gasteiger partial charge in [0.15, 0.2) is 5.96 Å². The van der Waals surface area contributed by atoms with Crippen molar-refractivity contribution >= 4 is 41.5 Å². The molecule has 1 saturated carbocycles. The van der Waals surface area contributed by atoms with Gasteiger partial charge in [0, 0.05) is 39.0 Å². The molecule has 0 atom stereocenters. The van der Waals surface area contributed by atoms with Crippen molar-refractivity contribution in [2.24, 2.45) is 10.9 Å². The second-order valence-corrected chi connectivity index (χ2v) is 6.65. The Balaban J connectivity index is 0.00000243. The molecule has 2 N–H and O–H groups in total. The van der Waals surface area contributed by atoms with Crippen LogP contribution in [0.5, 0.6) is 0 Å². The molecule has 0 spiro atoms. The predicted molar refractivity (Wildman–Crippen MR) is 115 cm³/mol. The highest BCUT2D eigenvalue weighted by Crippen LogP contribution is 2.28. The maximum Gasteiger partial charge on any atom is 0.246 e. The Morgan fingerprint density at radius 1 is 1.31 bits per heavy atom. The quantitative estimate of drug-likeness (QED) is 0.264. The number of carbonyl (C=O) groups excluding carboxylic acids is 1. The van der Waals surface area contributed by atoms with E-state index in [0.29, 0.717) is 5.96 Å². The predicted octanol–water partition coefficient (Wildman–Crippen LogP) is 2.18. The van der Waals surface area contributed by atoms with Crippen LogP contribution < -0.4 is 15.5 Å². The fraction of sp³-hybridized carbons (Fsp3) is 0.579. The summed E-state index contributed by atoms with van der Waals surface area (Å²) in [4.78, 5) is 18.5. The molecule has 6 nitrogen and oxygen atoms in total. The van der Waals surface area contributed by atoms with Crippen LogP contribution in [-0.2, 0) is 16.0 Å². The van der Waals surface area contributed by atoms with Crippen LogP contribution in [0.2, 0.25) is 0 Å². The first-order chi connectivity index (χ1) is 12.3. The number of rotatable bonds is 8. The molecule has 3 rings (SSSR count). The van der Waals surface area contributed by atoms with Gasteiger partial charge in [-0.2, -0.15) is 0 Å². The third-order valence-corrected chi connectivity index (χ3v) is 4.63. The van der Waals surface area contributed by atoms with Gasteiger partial charge in [-0.25, -0.2) is 0 Å². The minimum absolute atomic E-state index is 0. The van der Waals surface area contributed by atoms with Crippen molar-refractivity contribution in [1.82, 2.24) is 10.6 Å². The first-order valence-corrected chi connectivity index (χ1v) is 9.18. The highest BCUT2D eigenvalue weighted by atomic mass is 127. The van der Waals surface area contributed by atoms with Crippen molar-refractivity contribution < 1.29 is 9.53 Å². The molecule has 144 valence electrons. The Morgan fingerprint density at radius 3 is 2.88 bits per heavy atom. The SMILES string of the molecule is CN=C(NCCCOCC1CC1)NCC(=O)N1CCc2ccccc21.I. The highest BCUT2D eigenvalue weighted by molar-refractivity contribution is 14.0. The average Bonchev–Trinajstić information content (AvgIpc) is 3.36. The lowest BCUT2D eigenvalue weighted by Gasteiger charge is -2.18. The number of anilines is 1. The average molecular weight is 472 g/mol. The van der Waals surface area contributed by atoms with Crippen molar-refractivity contribution in [3.63, 3.8) is 0 Å². The van der Waals surface area contributed by atoms with Crippen LogP contribution in [-0.4, -0.2) is 51.8 Å². The first-order valence-electron chi connectivity index (χ1n) is 9.18. The molecule has 0 radical (unpaired) electrons. The van der Waals surface area contributed by atoms with Crippen molar-refractivity contribution in [2.75, 3.05) is 44.8 Å².